The van der Waals surface area contributed by atoms with Crippen LogP contribution in [0, 0.1) is 47.3 Å². The molecule has 0 heterocycles. The molecule has 0 saturated heterocycles. The zero-order valence-corrected chi connectivity index (χ0v) is 27.2. The lowest BCUT2D eigenvalue weighted by molar-refractivity contribution is 0.0821. The van der Waals surface area contributed by atoms with Gasteiger partial charge in [-0.1, -0.05) is 111 Å². The van der Waals surface area contributed by atoms with Crippen LogP contribution in [-0.2, 0) is 0 Å². The number of benzene rings is 2. The van der Waals surface area contributed by atoms with Crippen LogP contribution in [0.5, 0.6) is 0 Å². The van der Waals surface area contributed by atoms with Crippen LogP contribution < -0.4 is 0 Å². The Morgan fingerprint density at radius 1 is 0.565 bits per heavy atom. The van der Waals surface area contributed by atoms with Gasteiger partial charge in [0.05, 0.1) is 0 Å². The Balaban J connectivity index is 1.16. The minimum absolute atomic E-state index is 0.431. The summed E-state index contributed by atoms with van der Waals surface area (Å²) in [5.41, 5.74) is 16.4. The Kier molecular flexibility index (Phi) is 5.83. The Morgan fingerprint density at radius 3 is 1.61 bits per heavy atom. The molecule has 2 aromatic rings. The van der Waals surface area contributed by atoms with Gasteiger partial charge in [-0.2, -0.15) is 0 Å². The minimum atomic E-state index is 0.431. The number of allylic oxidation sites excluding steroid dienone is 16. The predicted octanol–water partition coefficient (Wildman–Crippen LogP) is 11.9. The highest BCUT2D eigenvalue weighted by Crippen LogP contribution is 2.67. The molecule has 0 aliphatic heterocycles. The second-order valence-electron chi connectivity index (χ2n) is 16.3. The lowest BCUT2D eigenvalue weighted by atomic mass is 9.58. The lowest BCUT2D eigenvalue weighted by Gasteiger charge is -2.46. The fourth-order valence-electron chi connectivity index (χ4n) is 13.1. The third-order valence-electron chi connectivity index (χ3n) is 14.5. The second kappa shape index (κ2) is 10.1. The molecule has 9 aliphatic rings. The summed E-state index contributed by atoms with van der Waals surface area (Å²) in [6, 6.07) is 14.0. The first kappa shape index (κ1) is 26.7. The molecular weight excluding hydrogens is 553 g/mol. The monoisotopic (exact) mass is 598 g/mol. The molecule has 2 aromatic carbocycles. The summed E-state index contributed by atoms with van der Waals surface area (Å²) in [5.74, 6) is 6.72. The molecule has 6 unspecified atom stereocenters. The largest absolute Gasteiger partial charge is 0.0842 e. The number of hydrogen-bond acceptors (Lipinski definition) is 0. The molecule has 11 rings (SSSR count). The van der Waals surface area contributed by atoms with Crippen LogP contribution in [0.15, 0.2) is 118 Å². The number of rotatable bonds is 2. The van der Waals surface area contributed by atoms with E-state index in [1.165, 1.54) is 110 Å². The van der Waals surface area contributed by atoms with E-state index in [-0.39, 0.29) is 0 Å². The molecule has 0 nitrogen and oxygen atoms in total. The van der Waals surface area contributed by atoms with Gasteiger partial charge in [-0.15, -0.1) is 0 Å². The summed E-state index contributed by atoms with van der Waals surface area (Å²) in [6.07, 6.45) is 36.7. The molecule has 0 aromatic heterocycles. The fourth-order valence-corrected chi connectivity index (χ4v) is 13.1. The zero-order valence-electron chi connectivity index (χ0n) is 27.2. The molecule has 0 heteroatoms. The third kappa shape index (κ3) is 3.63. The normalized spacial score (nSPS) is 36.7. The Bertz CT molecular complexity index is 1810. The topological polar surface area (TPSA) is 0 Å². The Labute approximate surface area is 275 Å². The van der Waals surface area contributed by atoms with Crippen molar-refractivity contribution in [3.05, 3.63) is 130 Å². The average molecular weight is 599 g/mol. The lowest BCUT2D eigenvalue weighted by Crippen LogP contribution is -2.34. The van der Waals surface area contributed by atoms with Crippen molar-refractivity contribution < 1.29 is 0 Å². The van der Waals surface area contributed by atoms with Crippen molar-refractivity contribution in [2.24, 2.45) is 47.3 Å². The third-order valence-corrected chi connectivity index (χ3v) is 14.5. The molecule has 6 atom stereocenters. The van der Waals surface area contributed by atoms with Gasteiger partial charge in [-0.05, 0) is 153 Å². The first-order valence-electron chi connectivity index (χ1n) is 19.0. The molecule has 0 N–H and O–H groups in total. The maximum absolute atomic E-state index is 2.78. The van der Waals surface area contributed by atoms with Crippen LogP contribution in [0.25, 0.3) is 21.9 Å². The molecule has 0 radical (unpaired) electrons. The van der Waals surface area contributed by atoms with E-state index >= 15 is 0 Å². The Hall–Kier alpha value is -3.38. The van der Waals surface area contributed by atoms with E-state index in [0.717, 1.165) is 35.5 Å². The van der Waals surface area contributed by atoms with E-state index in [1.54, 1.807) is 22.3 Å². The Morgan fingerprint density at radius 2 is 1.11 bits per heavy atom. The molecule has 230 valence electrons. The van der Waals surface area contributed by atoms with E-state index in [4.69, 9.17) is 0 Å². The van der Waals surface area contributed by atoms with E-state index in [1.807, 2.05) is 11.1 Å². The molecule has 0 spiro atoms. The summed E-state index contributed by atoms with van der Waals surface area (Å²) >= 11 is 0. The maximum atomic E-state index is 2.78. The van der Waals surface area contributed by atoms with Gasteiger partial charge in [0.2, 0.25) is 0 Å². The van der Waals surface area contributed by atoms with Crippen molar-refractivity contribution in [1.29, 1.82) is 0 Å². The zero-order chi connectivity index (χ0) is 29.9. The summed E-state index contributed by atoms with van der Waals surface area (Å²) in [7, 11) is 0. The minimum Gasteiger partial charge on any atom is -0.0842 e. The fraction of sp³-hybridized carbons (Fsp3) is 0.435. The van der Waals surface area contributed by atoms with Gasteiger partial charge in [-0.3, -0.25) is 0 Å². The SMILES string of the molecule is C1=CCCC(C2=C3CC4C(CC3=C(C3=CC=CCC3)C3C=C5C(=CC23)c2cccc3cccc5c23)C2CCCC3CCCC4C32)=C1. The highest BCUT2D eigenvalue weighted by Gasteiger charge is 2.57. The van der Waals surface area contributed by atoms with Crippen LogP contribution >= 0.6 is 0 Å². The number of fused-ring (bicyclic) bond motifs is 8. The number of hydrogen-bond donors (Lipinski definition) is 0. The van der Waals surface area contributed by atoms with E-state index in [2.05, 4.69) is 85.0 Å². The van der Waals surface area contributed by atoms with Crippen molar-refractivity contribution in [3.63, 3.8) is 0 Å². The van der Waals surface area contributed by atoms with Crippen LogP contribution in [0.1, 0.15) is 88.2 Å². The van der Waals surface area contributed by atoms with Gasteiger partial charge in [0.15, 0.2) is 0 Å². The average Bonchev–Trinajstić information content (AvgIpc) is 3.60. The molecule has 9 aliphatic carbocycles. The molecule has 4 fully saturated rings. The molecule has 4 saturated carbocycles. The summed E-state index contributed by atoms with van der Waals surface area (Å²) in [5, 5.41) is 2.87. The summed E-state index contributed by atoms with van der Waals surface area (Å²) in [4.78, 5) is 0. The molecule has 0 bridgehead atoms. The molecule has 46 heavy (non-hydrogen) atoms. The first-order valence-corrected chi connectivity index (χ1v) is 19.0. The van der Waals surface area contributed by atoms with Crippen LogP contribution in [0.3, 0.4) is 0 Å². The predicted molar refractivity (Wildman–Crippen MR) is 192 cm³/mol. The van der Waals surface area contributed by atoms with Crippen molar-refractivity contribution in [2.45, 2.75) is 77.0 Å². The van der Waals surface area contributed by atoms with Crippen molar-refractivity contribution >= 4 is 21.9 Å². The van der Waals surface area contributed by atoms with E-state index in [0.29, 0.717) is 11.8 Å². The van der Waals surface area contributed by atoms with Crippen LogP contribution in [-0.4, -0.2) is 0 Å². The van der Waals surface area contributed by atoms with Crippen LogP contribution in [0.4, 0.5) is 0 Å². The first-order chi connectivity index (χ1) is 22.8. The highest BCUT2D eigenvalue weighted by molar-refractivity contribution is 6.22. The van der Waals surface area contributed by atoms with Gasteiger partial charge in [0.1, 0.15) is 0 Å². The summed E-state index contributed by atoms with van der Waals surface area (Å²) in [6.45, 7) is 0. The second-order valence-corrected chi connectivity index (χ2v) is 16.3. The quantitative estimate of drug-likeness (QED) is 0.323. The van der Waals surface area contributed by atoms with E-state index in [9.17, 15) is 0 Å². The van der Waals surface area contributed by atoms with Gasteiger partial charge < -0.3 is 0 Å². The molecule has 0 amide bonds. The standard InChI is InChI=1S/C46H46/c1-3-11-27(12-4-1)45-39-23-35-31-19-7-15-29-17-9-21-33(43(29)31)37(35)25-41(39)46(28-13-5-2-6-14-28)42-26-38-34-22-10-18-30-16-8-20-32(44(30)34)36(38)24-40(42)45/h1-3,5,7,9,11,13,15,17,19,21,23,25,30,32,34,36,38-39,41,44H,4,6,8,10,12,14,16,18,20,22,24,26H2. The smallest absolute Gasteiger partial charge is 0.0137 e. The summed E-state index contributed by atoms with van der Waals surface area (Å²) < 4.78 is 0. The van der Waals surface area contributed by atoms with Gasteiger partial charge in [0, 0.05) is 11.8 Å². The van der Waals surface area contributed by atoms with Crippen LogP contribution in [0.2, 0.25) is 0 Å². The van der Waals surface area contributed by atoms with Gasteiger partial charge in [-0.25, -0.2) is 0 Å². The molecular formula is C46H46. The van der Waals surface area contributed by atoms with Crippen molar-refractivity contribution in [1.82, 2.24) is 0 Å². The van der Waals surface area contributed by atoms with Gasteiger partial charge >= 0.3 is 0 Å². The van der Waals surface area contributed by atoms with Crippen molar-refractivity contribution in [3.8, 4) is 0 Å². The van der Waals surface area contributed by atoms with Gasteiger partial charge in [0.25, 0.3) is 0 Å². The van der Waals surface area contributed by atoms with E-state index < -0.39 is 0 Å². The van der Waals surface area contributed by atoms with Crippen molar-refractivity contribution in [2.75, 3.05) is 0 Å². The highest BCUT2D eigenvalue weighted by atomic mass is 14.6. The maximum Gasteiger partial charge on any atom is 0.0137 e.